The maximum absolute atomic E-state index is 9.35. The lowest BCUT2D eigenvalue weighted by Crippen LogP contribution is -2.39. The first-order chi connectivity index (χ1) is 10.1. The summed E-state index contributed by atoms with van der Waals surface area (Å²) in [6.07, 6.45) is -0.597. The van der Waals surface area contributed by atoms with Crippen molar-refractivity contribution in [1.82, 2.24) is 0 Å². The molecule has 1 aliphatic heterocycles. The Morgan fingerprint density at radius 3 is 2.00 bits per heavy atom. The third kappa shape index (κ3) is 3.23. The lowest BCUT2D eigenvalue weighted by molar-refractivity contribution is -0.237. The van der Waals surface area contributed by atoms with Crippen LogP contribution in [0.3, 0.4) is 0 Å². The molecule has 21 heavy (non-hydrogen) atoms. The third-order valence-corrected chi connectivity index (χ3v) is 3.54. The minimum absolute atomic E-state index is 0.0105. The zero-order valence-electron chi connectivity index (χ0n) is 12.8. The second-order valence-electron chi connectivity index (χ2n) is 5.37. The fraction of sp³-hybridized carbons (Fsp3) is 0.600. The summed E-state index contributed by atoms with van der Waals surface area (Å²) in [6, 6.07) is 3.51. The van der Waals surface area contributed by atoms with Gasteiger partial charge >= 0.3 is 0 Å². The van der Waals surface area contributed by atoms with Gasteiger partial charge < -0.3 is 28.8 Å². The first-order valence-electron chi connectivity index (χ1n) is 6.71. The van der Waals surface area contributed by atoms with Crippen molar-refractivity contribution in [1.29, 1.82) is 0 Å². The van der Waals surface area contributed by atoms with Gasteiger partial charge in [0.05, 0.1) is 46.7 Å². The van der Waals surface area contributed by atoms with Gasteiger partial charge in [-0.15, -0.1) is 0 Å². The summed E-state index contributed by atoms with van der Waals surface area (Å²) in [4.78, 5) is 0. The van der Waals surface area contributed by atoms with Crippen LogP contribution in [0.5, 0.6) is 17.2 Å². The van der Waals surface area contributed by atoms with E-state index in [1.54, 1.807) is 33.5 Å². The van der Waals surface area contributed by atoms with E-state index in [4.69, 9.17) is 23.7 Å². The van der Waals surface area contributed by atoms with Crippen LogP contribution < -0.4 is 14.2 Å². The molecule has 0 amide bonds. The fourth-order valence-corrected chi connectivity index (χ4v) is 2.17. The minimum Gasteiger partial charge on any atom is -0.496 e. The molecule has 0 saturated carbocycles. The summed E-state index contributed by atoms with van der Waals surface area (Å²) >= 11 is 0. The highest BCUT2D eigenvalue weighted by molar-refractivity contribution is 5.51. The summed E-state index contributed by atoms with van der Waals surface area (Å²) in [6.45, 7) is 2.71. The number of methoxy groups -OCH3 is 3. The van der Waals surface area contributed by atoms with Gasteiger partial charge in [-0.25, -0.2) is 0 Å². The van der Waals surface area contributed by atoms with Crippen LogP contribution in [0.25, 0.3) is 0 Å². The van der Waals surface area contributed by atoms with Gasteiger partial charge in [-0.1, -0.05) is 6.92 Å². The van der Waals surface area contributed by atoms with Crippen LogP contribution in [0.15, 0.2) is 12.1 Å². The summed E-state index contributed by atoms with van der Waals surface area (Å²) in [5.74, 6) is 1.77. The highest BCUT2D eigenvalue weighted by Gasteiger charge is 2.35. The average Bonchev–Trinajstić information content (AvgIpc) is 2.54. The fourth-order valence-electron chi connectivity index (χ4n) is 2.17. The molecule has 118 valence electrons. The second kappa shape index (κ2) is 6.51. The third-order valence-electron chi connectivity index (χ3n) is 3.54. The molecule has 1 aliphatic rings. The molecule has 1 fully saturated rings. The van der Waals surface area contributed by atoms with E-state index in [1.807, 2.05) is 6.92 Å². The monoisotopic (exact) mass is 298 g/mol. The van der Waals surface area contributed by atoms with Crippen LogP contribution in [-0.4, -0.2) is 46.3 Å². The van der Waals surface area contributed by atoms with E-state index in [2.05, 4.69) is 0 Å². The lowest BCUT2D eigenvalue weighted by atomic mass is 9.93. The normalized spacial score (nSPS) is 25.5. The van der Waals surface area contributed by atoms with Crippen LogP contribution in [0.2, 0.25) is 0 Å². The van der Waals surface area contributed by atoms with E-state index < -0.39 is 6.29 Å². The Kier molecular flexibility index (Phi) is 4.92. The second-order valence-corrected chi connectivity index (χ2v) is 5.37. The van der Waals surface area contributed by atoms with E-state index in [1.165, 1.54) is 0 Å². The van der Waals surface area contributed by atoms with Crippen molar-refractivity contribution < 1.29 is 28.8 Å². The lowest BCUT2D eigenvalue weighted by Gasteiger charge is -2.36. The van der Waals surface area contributed by atoms with Gasteiger partial charge in [0, 0.05) is 17.5 Å². The molecular formula is C15H22O6. The molecule has 1 saturated heterocycles. The Balaban J connectivity index is 2.31. The molecule has 1 heterocycles. The molecule has 6 heteroatoms. The van der Waals surface area contributed by atoms with E-state index in [-0.39, 0.29) is 12.0 Å². The smallest absolute Gasteiger partial charge is 0.191 e. The first-order valence-corrected chi connectivity index (χ1v) is 6.71. The topological polar surface area (TPSA) is 66.4 Å². The quantitative estimate of drug-likeness (QED) is 0.893. The van der Waals surface area contributed by atoms with E-state index in [9.17, 15) is 5.11 Å². The molecule has 0 aromatic heterocycles. The van der Waals surface area contributed by atoms with Crippen molar-refractivity contribution >= 4 is 0 Å². The molecule has 1 aromatic rings. The van der Waals surface area contributed by atoms with E-state index in [0.29, 0.717) is 36.0 Å². The number of hydrogen-bond acceptors (Lipinski definition) is 6. The van der Waals surface area contributed by atoms with Gasteiger partial charge in [-0.05, 0) is 0 Å². The van der Waals surface area contributed by atoms with Crippen molar-refractivity contribution in [2.75, 3.05) is 41.2 Å². The molecule has 0 unspecified atom stereocenters. The molecule has 2 rings (SSSR count). The number of aliphatic hydroxyl groups excluding tert-OH is 1. The first kappa shape index (κ1) is 15.9. The maximum Gasteiger partial charge on any atom is 0.191 e. The molecule has 0 radical (unpaired) electrons. The molecule has 1 aromatic carbocycles. The molecule has 1 N–H and O–H groups in total. The van der Waals surface area contributed by atoms with Crippen LogP contribution in [-0.2, 0) is 9.47 Å². The number of ether oxygens (including phenoxy) is 5. The zero-order valence-corrected chi connectivity index (χ0v) is 12.8. The van der Waals surface area contributed by atoms with Crippen molar-refractivity contribution in [3.63, 3.8) is 0 Å². The Labute approximate surface area is 124 Å². The van der Waals surface area contributed by atoms with Gasteiger partial charge in [-0.2, -0.15) is 0 Å². The summed E-state index contributed by atoms with van der Waals surface area (Å²) < 4.78 is 27.5. The summed E-state index contributed by atoms with van der Waals surface area (Å²) in [5, 5.41) is 9.35. The minimum atomic E-state index is -0.597. The van der Waals surface area contributed by atoms with Crippen LogP contribution in [0.1, 0.15) is 18.8 Å². The van der Waals surface area contributed by atoms with Crippen LogP contribution in [0.4, 0.5) is 0 Å². The molecule has 6 nitrogen and oxygen atoms in total. The van der Waals surface area contributed by atoms with Crippen molar-refractivity contribution in [3.8, 4) is 17.2 Å². The molecule has 0 bridgehead atoms. The Morgan fingerprint density at radius 2 is 1.62 bits per heavy atom. The average molecular weight is 298 g/mol. The largest absolute Gasteiger partial charge is 0.496 e. The number of benzene rings is 1. The highest BCUT2D eigenvalue weighted by atomic mass is 16.7. The Bertz CT molecular complexity index is 454. The Morgan fingerprint density at radius 1 is 1.10 bits per heavy atom. The highest BCUT2D eigenvalue weighted by Crippen LogP contribution is 2.42. The van der Waals surface area contributed by atoms with E-state index in [0.717, 1.165) is 0 Å². The van der Waals surface area contributed by atoms with Gasteiger partial charge in [0.2, 0.25) is 0 Å². The van der Waals surface area contributed by atoms with Gasteiger partial charge in [0.15, 0.2) is 6.29 Å². The van der Waals surface area contributed by atoms with Gasteiger partial charge in [-0.3, -0.25) is 0 Å². The molecule has 0 spiro atoms. The van der Waals surface area contributed by atoms with Gasteiger partial charge in [0.25, 0.3) is 0 Å². The van der Waals surface area contributed by atoms with Crippen molar-refractivity contribution in [2.24, 2.45) is 5.41 Å². The van der Waals surface area contributed by atoms with E-state index >= 15 is 0 Å². The summed E-state index contributed by atoms with van der Waals surface area (Å²) in [7, 11) is 4.71. The number of rotatable bonds is 5. The molecule has 0 aliphatic carbocycles. The summed E-state index contributed by atoms with van der Waals surface area (Å²) in [5.41, 5.74) is 0.296. The SMILES string of the molecule is COc1cc(OC)c(C2OCC(C)(CO)CO2)c(OC)c1. The van der Waals surface area contributed by atoms with Crippen LogP contribution in [0, 0.1) is 5.41 Å². The molecule has 0 atom stereocenters. The Hall–Kier alpha value is -1.50. The standard InChI is InChI=1S/C15H22O6/c1-15(7-16)8-20-14(21-9-15)13-11(18-3)5-10(17-2)6-12(13)19-4/h5-6,14,16H,7-9H2,1-4H3. The maximum atomic E-state index is 9.35. The van der Waals surface area contributed by atoms with Crippen LogP contribution >= 0.6 is 0 Å². The predicted octanol–water partition coefficient (Wildman–Crippen LogP) is 1.76. The zero-order chi connectivity index (χ0) is 15.5. The van der Waals surface area contributed by atoms with Crippen molar-refractivity contribution in [3.05, 3.63) is 17.7 Å². The molecular weight excluding hydrogens is 276 g/mol. The number of hydrogen-bond donors (Lipinski definition) is 1. The predicted molar refractivity (Wildman–Crippen MR) is 75.9 cm³/mol. The van der Waals surface area contributed by atoms with Crippen molar-refractivity contribution in [2.45, 2.75) is 13.2 Å². The number of aliphatic hydroxyl groups is 1. The van der Waals surface area contributed by atoms with Gasteiger partial charge in [0.1, 0.15) is 17.2 Å².